The molecule has 0 aromatic rings. The third kappa shape index (κ3) is 4.49. The first kappa shape index (κ1) is 15.4. The Morgan fingerprint density at radius 1 is 1.25 bits per heavy atom. The van der Waals surface area contributed by atoms with E-state index in [-0.39, 0.29) is 24.1 Å². The van der Waals surface area contributed by atoms with Crippen molar-refractivity contribution in [3.05, 3.63) is 0 Å². The molecule has 0 spiro atoms. The molecule has 0 aromatic carbocycles. The highest BCUT2D eigenvalue weighted by molar-refractivity contribution is 5.81. The quantitative estimate of drug-likeness (QED) is 0.716. The molecule has 0 saturated carbocycles. The SMILES string of the molecule is CCN(CC)C(=O)C(C)NC(C)C(C)OC. The summed E-state index contributed by atoms with van der Waals surface area (Å²) >= 11 is 0. The third-order valence-corrected chi connectivity index (χ3v) is 3.03. The number of hydrogen-bond acceptors (Lipinski definition) is 3. The molecule has 0 aliphatic carbocycles. The second-order valence-corrected chi connectivity index (χ2v) is 4.13. The molecule has 0 saturated heterocycles. The molecule has 0 heterocycles. The van der Waals surface area contributed by atoms with Gasteiger partial charge in [-0.2, -0.15) is 0 Å². The number of likely N-dealkylation sites (N-methyl/N-ethyl adjacent to an activating group) is 1. The number of nitrogens with one attached hydrogen (secondary N) is 1. The van der Waals surface area contributed by atoms with Crippen LogP contribution in [0, 0.1) is 0 Å². The van der Waals surface area contributed by atoms with E-state index in [1.807, 2.05) is 39.5 Å². The van der Waals surface area contributed by atoms with Gasteiger partial charge < -0.3 is 15.0 Å². The van der Waals surface area contributed by atoms with Crippen LogP contribution in [0.15, 0.2) is 0 Å². The Balaban J connectivity index is 4.23. The summed E-state index contributed by atoms with van der Waals surface area (Å²) in [5, 5.41) is 3.26. The zero-order valence-electron chi connectivity index (χ0n) is 11.4. The van der Waals surface area contributed by atoms with Gasteiger partial charge in [-0.3, -0.25) is 4.79 Å². The number of rotatable bonds is 7. The van der Waals surface area contributed by atoms with Gasteiger partial charge in [0, 0.05) is 26.2 Å². The van der Waals surface area contributed by atoms with E-state index >= 15 is 0 Å². The molecule has 3 atom stereocenters. The number of methoxy groups -OCH3 is 1. The van der Waals surface area contributed by atoms with E-state index in [0.717, 1.165) is 13.1 Å². The van der Waals surface area contributed by atoms with Crippen LogP contribution in [0.2, 0.25) is 0 Å². The number of hydrogen-bond donors (Lipinski definition) is 1. The summed E-state index contributed by atoms with van der Waals surface area (Å²) in [6.45, 7) is 11.4. The molecular weight excluding hydrogens is 204 g/mol. The number of ether oxygens (including phenoxy) is 1. The fourth-order valence-corrected chi connectivity index (χ4v) is 1.61. The van der Waals surface area contributed by atoms with Crippen molar-refractivity contribution in [1.82, 2.24) is 10.2 Å². The summed E-state index contributed by atoms with van der Waals surface area (Å²) in [7, 11) is 1.68. The Labute approximate surface area is 99.3 Å². The molecule has 1 amide bonds. The van der Waals surface area contributed by atoms with Crippen LogP contribution in [0.1, 0.15) is 34.6 Å². The van der Waals surface area contributed by atoms with E-state index in [1.165, 1.54) is 0 Å². The first-order valence-electron chi connectivity index (χ1n) is 6.05. The number of carbonyl (C=O) groups is 1. The molecule has 0 fully saturated rings. The molecule has 96 valence electrons. The highest BCUT2D eigenvalue weighted by Gasteiger charge is 2.21. The number of amides is 1. The molecule has 0 aliphatic rings. The average Bonchev–Trinajstić information content (AvgIpc) is 2.29. The zero-order chi connectivity index (χ0) is 12.7. The fourth-order valence-electron chi connectivity index (χ4n) is 1.61. The van der Waals surface area contributed by atoms with Crippen molar-refractivity contribution in [2.75, 3.05) is 20.2 Å². The lowest BCUT2D eigenvalue weighted by atomic mass is 10.1. The van der Waals surface area contributed by atoms with Crippen LogP contribution in [-0.4, -0.2) is 49.2 Å². The van der Waals surface area contributed by atoms with Crippen LogP contribution in [0.5, 0.6) is 0 Å². The summed E-state index contributed by atoms with van der Waals surface area (Å²) in [4.78, 5) is 13.8. The molecule has 3 unspecified atom stereocenters. The van der Waals surface area contributed by atoms with Crippen LogP contribution in [-0.2, 0) is 9.53 Å². The topological polar surface area (TPSA) is 41.6 Å². The summed E-state index contributed by atoms with van der Waals surface area (Å²) < 4.78 is 5.22. The Bertz CT molecular complexity index is 205. The lowest BCUT2D eigenvalue weighted by molar-refractivity contribution is -0.133. The lowest BCUT2D eigenvalue weighted by Gasteiger charge is -2.27. The number of carbonyl (C=O) groups excluding carboxylic acids is 1. The molecule has 4 heteroatoms. The van der Waals surface area contributed by atoms with Crippen molar-refractivity contribution < 1.29 is 9.53 Å². The maximum atomic E-state index is 12.0. The highest BCUT2D eigenvalue weighted by atomic mass is 16.5. The molecule has 0 aliphatic heterocycles. The van der Waals surface area contributed by atoms with E-state index < -0.39 is 0 Å². The maximum Gasteiger partial charge on any atom is 0.239 e. The molecule has 0 aromatic heterocycles. The van der Waals surface area contributed by atoms with E-state index in [4.69, 9.17) is 4.74 Å². The summed E-state index contributed by atoms with van der Waals surface area (Å²) in [5.41, 5.74) is 0. The van der Waals surface area contributed by atoms with E-state index in [9.17, 15) is 4.79 Å². The van der Waals surface area contributed by atoms with Gasteiger partial charge in [0.05, 0.1) is 12.1 Å². The van der Waals surface area contributed by atoms with Crippen LogP contribution in [0.3, 0.4) is 0 Å². The molecule has 0 bridgehead atoms. The molecule has 0 rings (SSSR count). The first-order chi connectivity index (χ1) is 7.47. The fraction of sp³-hybridized carbons (Fsp3) is 0.917. The average molecular weight is 230 g/mol. The predicted molar refractivity (Wildman–Crippen MR) is 66.5 cm³/mol. The van der Waals surface area contributed by atoms with Gasteiger partial charge in [-0.05, 0) is 34.6 Å². The van der Waals surface area contributed by atoms with Crippen LogP contribution >= 0.6 is 0 Å². The monoisotopic (exact) mass is 230 g/mol. The van der Waals surface area contributed by atoms with Crippen molar-refractivity contribution >= 4 is 5.91 Å². The van der Waals surface area contributed by atoms with Gasteiger partial charge in [0.25, 0.3) is 0 Å². The van der Waals surface area contributed by atoms with Gasteiger partial charge >= 0.3 is 0 Å². The summed E-state index contributed by atoms with van der Waals surface area (Å²) in [6.07, 6.45) is 0.104. The van der Waals surface area contributed by atoms with Gasteiger partial charge in [0.1, 0.15) is 0 Å². The molecule has 16 heavy (non-hydrogen) atoms. The van der Waals surface area contributed by atoms with Crippen molar-refractivity contribution in [3.8, 4) is 0 Å². The normalized spacial score (nSPS) is 16.6. The standard InChI is InChI=1S/C12H26N2O2/c1-7-14(8-2)12(15)10(4)13-9(3)11(5)16-6/h9-11,13H,7-8H2,1-6H3. The number of nitrogens with zero attached hydrogens (tertiary/aromatic N) is 1. The van der Waals surface area contributed by atoms with Crippen molar-refractivity contribution in [1.29, 1.82) is 0 Å². The smallest absolute Gasteiger partial charge is 0.239 e. The Hall–Kier alpha value is -0.610. The molecule has 4 nitrogen and oxygen atoms in total. The summed E-state index contributed by atoms with van der Waals surface area (Å²) in [6, 6.07) is 0.00649. The van der Waals surface area contributed by atoms with Gasteiger partial charge in [0.2, 0.25) is 5.91 Å². The van der Waals surface area contributed by atoms with E-state index in [0.29, 0.717) is 0 Å². The van der Waals surface area contributed by atoms with Crippen molar-refractivity contribution in [2.45, 2.75) is 52.8 Å². The first-order valence-corrected chi connectivity index (χ1v) is 6.05. The van der Waals surface area contributed by atoms with Gasteiger partial charge in [-0.25, -0.2) is 0 Å². The lowest BCUT2D eigenvalue weighted by Crippen LogP contribution is -2.50. The highest BCUT2D eigenvalue weighted by Crippen LogP contribution is 2.01. The second-order valence-electron chi connectivity index (χ2n) is 4.13. The largest absolute Gasteiger partial charge is 0.380 e. The maximum absolute atomic E-state index is 12.0. The summed E-state index contributed by atoms with van der Waals surface area (Å²) in [5.74, 6) is 0.153. The van der Waals surface area contributed by atoms with Gasteiger partial charge in [-0.15, -0.1) is 0 Å². The third-order valence-electron chi connectivity index (χ3n) is 3.03. The van der Waals surface area contributed by atoms with E-state index in [1.54, 1.807) is 7.11 Å². The predicted octanol–water partition coefficient (Wildman–Crippen LogP) is 1.26. The van der Waals surface area contributed by atoms with E-state index in [2.05, 4.69) is 5.32 Å². The van der Waals surface area contributed by atoms with Crippen LogP contribution < -0.4 is 5.32 Å². The molecule has 0 radical (unpaired) electrons. The minimum Gasteiger partial charge on any atom is -0.380 e. The minimum atomic E-state index is -0.160. The second kappa shape index (κ2) is 7.63. The van der Waals surface area contributed by atoms with Crippen molar-refractivity contribution in [3.63, 3.8) is 0 Å². The van der Waals surface area contributed by atoms with Gasteiger partial charge in [-0.1, -0.05) is 0 Å². The van der Waals surface area contributed by atoms with Gasteiger partial charge in [0.15, 0.2) is 0 Å². The van der Waals surface area contributed by atoms with Crippen LogP contribution in [0.25, 0.3) is 0 Å². The molecule has 1 N–H and O–H groups in total. The Kier molecular flexibility index (Phi) is 7.34. The zero-order valence-corrected chi connectivity index (χ0v) is 11.4. The van der Waals surface area contributed by atoms with Crippen molar-refractivity contribution in [2.24, 2.45) is 0 Å². The molecular formula is C12H26N2O2. The Morgan fingerprint density at radius 2 is 1.75 bits per heavy atom. The minimum absolute atomic E-state index is 0.104. The Morgan fingerprint density at radius 3 is 2.12 bits per heavy atom. The van der Waals surface area contributed by atoms with Crippen LogP contribution in [0.4, 0.5) is 0 Å².